The van der Waals surface area contributed by atoms with Gasteiger partial charge in [-0.1, -0.05) is 62.4 Å². The maximum Gasteiger partial charge on any atom is 0.438 e. The summed E-state index contributed by atoms with van der Waals surface area (Å²) in [6.45, 7) is 7.85. The lowest BCUT2D eigenvalue weighted by Crippen LogP contribution is -2.32. The molecule has 0 N–H and O–H groups in total. The van der Waals surface area contributed by atoms with Gasteiger partial charge in [0.1, 0.15) is 0 Å². The first-order valence-corrected chi connectivity index (χ1v) is 9.37. The highest BCUT2D eigenvalue weighted by Gasteiger charge is 2.23. The summed E-state index contributed by atoms with van der Waals surface area (Å²) >= 11 is 0. The topological polar surface area (TPSA) is 51.1 Å². The van der Waals surface area contributed by atoms with Crippen molar-refractivity contribution in [2.75, 3.05) is 13.2 Å². The highest BCUT2D eigenvalue weighted by atomic mass is 16.6. The van der Waals surface area contributed by atoms with Crippen LogP contribution in [0.4, 0.5) is 4.79 Å². The average molecular weight is 366 g/mol. The molecule has 0 aliphatic carbocycles. The Bertz CT molecular complexity index is 782. The number of aliphatic imine (C=N–C) groups is 1. The van der Waals surface area contributed by atoms with Crippen molar-refractivity contribution in [3.05, 3.63) is 59.7 Å². The Kier molecular flexibility index (Phi) is 6.12. The third kappa shape index (κ3) is 4.67. The molecule has 0 atom stereocenters. The minimum absolute atomic E-state index is 0.261. The lowest BCUT2D eigenvalue weighted by molar-refractivity contribution is 0.140. The summed E-state index contributed by atoms with van der Waals surface area (Å²) < 4.78 is 10.9. The minimum Gasteiger partial charge on any atom is -0.465 e. The van der Waals surface area contributed by atoms with Crippen LogP contribution in [-0.4, -0.2) is 30.2 Å². The van der Waals surface area contributed by atoms with Gasteiger partial charge in [0, 0.05) is 13.1 Å². The third-order valence-electron chi connectivity index (χ3n) is 4.32. The van der Waals surface area contributed by atoms with Crippen molar-refractivity contribution in [3.63, 3.8) is 0 Å². The summed E-state index contributed by atoms with van der Waals surface area (Å²) in [7, 11) is 0. The summed E-state index contributed by atoms with van der Waals surface area (Å²) in [5, 5.41) is 0. The van der Waals surface area contributed by atoms with E-state index in [2.05, 4.69) is 29.3 Å². The van der Waals surface area contributed by atoms with Crippen LogP contribution in [0, 0.1) is 5.92 Å². The Labute approximate surface area is 160 Å². The fraction of sp³-hybridized carbons (Fsp3) is 0.364. The molecule has 1 aliphatic rings. The average Bonchev–Trinajstić information content (AvgIpc) is 2.83. The van der Waals surface area contributed by atoms with Gasteiger partial charge in [0.05, 0.1) is 13.2 Å². The lowest BCUT2D eigenvalue weighted by atomic mass is 9.97. The SMILES string of the molecule is CCOC(=NC(=O)OCC(C)C)N1Cc2ccccc2-c2ccccc2C1. The van der Waals surface area contributed by atoms with Crippen molar-refractivity contribution in [2.24, 2.45) is 10.9 Å². The van der Waals surface area contributed by atoms with Crippen LogP contribution < -0.4 is 0 Å². The van der Waals surface area contributed by atoms with Crippen molar-refractivity contribution in [1.82, 2.24) is 4.90 Å². The molecule has 2 aromatic carbocycles. The van der Waals surface area contributed by atoms with Crippen molar-refractivity contribution < 1.29 is 14.3 Å². The fourth-order valence-corrected chi connectivity index (χ4v) is 3.12. The van der Waals surface area contributed by atoms with E-state index in [4.69, 9.17) is 9.47 Å². The number of ether oxygens (including phenoxy) is 2. The summed E-state index contributed by atoms with van der Waals surface area (Å²) in [6, 6.07) is 16.9. The van der Waals surface area contributed by atoms with Crippen molar-refractivity contribution in [1.29, 1.82) is 0 Å². The van der Waals surface area contributed by atoms with E-state index in [0.717, 1.165) is 0 Å². The molecule has 0 spiro atoms. The van der Waals surface area contributed by atoms with Crippen LogP contribution in [0.15, 0.2) is 53.5 Å². The van der Waals surface area contributed by atoms with Gasteiger partial charge in [0.15, 0.2) is 0 Å². The molecule has 1 aliphatic heterocycles. The van der Waals surface area contributed by atoms with E-state index in [9.17, 15) is 4.79 Å². The van der Waals surface area contributed by atoms with Gasteiger partial charge in [0.25, 0.3) is 6.02 Å². The van der Waals surface area contributed by atoms with Gasteiger partial charge >= 0.3 is 6.09 Å². The molecule has 0 unspecified atom stereocenters. The van der Waals surface area contributed by atoms with Crippen LogP contribution in [0.25, 0.3) is 11.1 Å². The molecule has 27 heavy (non-hydrogen) atoms. The quantitative estimate of drug-likeness (QED) is 0.575. The number of fused-ring (bicyclic) bond motifs is 3. The van der Waals surface area contributed by atoms with Gasteiger partial charge < -0.3 is 14.4 Å². The maximum absolute atomic E-state index is 12.1. The second kappa shape index (κ2) is 8.71. The molecular weight excluding hydrogens is 340 g/mol. The van der Waals surface area contributed by atoms with Crippen molar-refractivity contribution >= 4 is 12.1 Å². The predicted octanol–water partition coefficient (Wildman–Crippen LogP) is 4.85. The summed E-state index contributed by atoms with van der Waals surface area (Å²) in [6.07, 6.45) is -0.613. The smallest absolute Gasteiger partial charge is 0.438 e. The van der Waals surface area contributed by atoms with Crippen molar-refractivity contribution in [2.45, 2.75) is 33.9 Å². The summed E-state index contributed by atoms with van der Waals surface area (Å²) in [5.41, 5.74) is 4.75. The molecule has 5 heteroatoms. The molecule has 3 rings (SSSR count). The van der Waals surface area contributed by atoms with Gasteiger partial charge in [0.2, 0.25) is 0 Å². The van der Waals surface area contributed by atoms with Crippen LogP contribution in [-0.2, 0) is 22.6 Å². The van der Waals surface area contributed by atoms with E-state index in [0.29, 0.717) is 32.3 Å². The van der Waals surface area contributed by atoms with Crippen molar-refractivity contribution in [3.8, 4) is 11.1 Å². The molecule has 0 radical (unpaired) electrons. The van der Waals surface area contributed by atoms with Crippen LogP contribution in [0.1, 0.15) is 31.9 Å². The van der Waals surface area contributed by atoms with Crippen LogP contribution in [0.5, 0.6) is 0 Å². The Morgan fingerprint density at radius 3 is 2.07 bits per heavy atom. The number of hydrogen-bond acceptors (Lipinski definition) is 3. The molecule has 1 heterocycles. The first kappa shape index (κ1) is 19.0. The van der Waals surface area contributed by atoms with Crippen LogP contribution in [0.3, 0.4) is 0 Å². The van der Waals surface area contributed by atoms with E-state index in [-0.39, 0.29) is 5.92 Å². The molecule has 5 nitrogen and oxygen atoms in total. The lowest BCUT2D eigenvalue weighted by Gasteiger charge is -2.24. The van der Waals surface area contributed by atoms with Gasteiger partial charge in [-0.25, -0.2) is 4.79 Å². The monoisotopic (exact) mass is 366 g/mol. The number of carbonyl (C=O) groups excluding carboxylic acids is 1. The molecule has 2 aromatic rings. The standard InChI is InChI=1S/C22H26N2O3/c1-4-26-21(23-22(25)27-15-16(2)3)24-13-17-9-5-7-11-19(17)20-12-8-6-10-18(20)14-24/h5-12,16H,4,13-15H2,1-3H3. The minimum atomic E-state index is -0.613. The van der Waals surface area contributed by atoms with E-state index in [1.165, 1.54) is 22.3 Å². The second-order valence-electron chi connectivity index (χ2n) is 6.97. The number of hydrogen-bond donors (Lipinski definition) is 0. The van der Waals surface area contributed by atoms with Gasteiger partial charge in [-0.2, -0.15) is 0 Å². The van der Waals surface area contributed by atoms with E-state index >= 15 is 0 Å². The molecule has 0 bridgehead atoms. The molecule has 0 aromatic heterocycles. The maximum atomic E-state index is 12.1. The van der Waals surface area contributed by atoms with Gasteiger partial charge in [-0.15, -0.1) is 4.99 Å². The predicted molar refractivity (Wildman–Crippen MR) is 106 cm³/mol. The Morgan fingerprint density at radius 1 is 1.00 bits per heavy atom. The van der Waals surface area contributed by atoms with Gasteiger partial charge in [-0.05, 0) is 35.1 Å². The number of amides is 1. The van der Waals surface area contributed by atoms with Gasteiger partial charge in [-0.3, -0.25) is 0 Å². The Morgan fingerprint density at radius 2 is 1.56 bits per heavy atom. The highest BCUT2D eigenvalue weighted by Crippen LogP contribution is 2.32. The zero-order valence-corrected chi connectivity index (χ0v) is 16.1. The summed E-state index contributed by atoms with van der Waals surface area (Å²) in [4.78, 5) is 18.2. The third-order valence-corrected chi connectivity index (χ3v) is 4.32. The Balaban J connectivity index is 1.94. The second-order valence-corrected chi connectivity index (χ2v) is 6.97. The number of nitrogens with zero attached hydrogens (tertiary/aromatic N) is 2. The number of rotatable bonds is 3. The molecular formula is C22H26N2O3. The van der Waals surface area contributed by atoms with E-state index in [1.54, 1.807) is 0 Å². The molecule has 0 fully saturated rings. The molecule has 1 amide bonds. The molecule has 0 saturated carbocycles. The largest absolute Gasteiger partial charge is 0.465 e. The zero-order chi connectivity index (χ0) is 19.2. The number of carbonyl (C=O) groups is 1. The highest BCUT2D eigenvalue weighted by molar-refractivity contribution is 5.87. The number of benzene rings is 2. The summed E-state index contributed by atoms with van der Waals surface area (Å²) in [5.74, 6) is 0.261. The fourth-order valence-electron chi connectivity index (χ4n) is 3.12. The first-order chi connectivity index (χ1) is 13.1. The first-order valence-electron chi connectivity index (χ1n) is 9.37. The number of amidine groups is 1. The molecule has 142 valence electrons. The van der Waals surface area contributed by atoms with E-state index in [1.807, 2.05) is 49.9 Å². The van der Waals surface area contributed by atoms with E-state index < -0.39 is 6.09 Å². The normalized spacial score (nSPS) is 13.6. The Hall–Kier alpha value is -2.82. The van der Waals surface area contributed by atoms with Crippen LogP contribution >= 0.6 is 0 Å². The van der Waals surface area contributed by atoms with Crippen LogP contribution in [0.2, 0.25) is 0 Å². The zero-order valence-electron chi connectivity index (χ0n) is 16.1. The molecule has 0 saturated heterocycles.